The lowest BCUT2D eigenvalue weighted by Gasteiger charge is -2.37. The van der Waals surface area contributed by atoms with Crippen molar-refractivity contribution in [3.05, 3.63) is 0 Å². The van der Waals surface area contributed by atoms with Crippen LogP contribution >= 0.6 is 0 Å². The molecule has 0 spiro atoms. The highest BCUT2D eigenvalue weighted by atomic mass is 16.1. The summed E-state index contributed by atoms with van der Waals surface area (Å²) in [5, 5.41) is 0. The standard InChI is InChI=1S/C13H28N4O/c1-11-10-17(9-8-16(11)3)7-5-4-6-13(2,15)12(14)18/h11H,4-10,15H2,1-3H3,(H2,14,18). The first kappa shape index (κ1) is 15.4. The van der Waals surface area contributed by atoms with Crippen LogP contribution in [0.3, 0.4) is 0 Å². The molecular weight excluding hydrogens is 228 g/mol. The average Bonchev–Trinajstić information content (AvgIpc) is 2.29. The van der Waals surface area contributed by atoms with Gasteiger partial charge in [-0.3, -0.25) is 4.79 Å². The number of primary amides is 1. The molecule has 5 nitrogen and oxygen atoms in total. The van der Waals surface area contributed by atoms with Crippen molar-refractivity contribution in [1.29, 1.82) is 0 Å². The third-order valence-corrected chi connectivity index (χ3v) is 4.03. The van der Waals surface area contributed by atoms with Gasteiger partial charge in [-0.2, -0.15) is 0 Å². The molecule has 0 aromatic heterocycles. The molecule has 1 aliphatic rings. The van der Waals surface area contributed by atoms with E-state index >= 15 is 0 Å². The highest BCUT2D eigenvalue weighted by Crippen LogP contribution is 2.12. The van der Waals surface area contributed by atoms with E-state index in [4.69, 9.17) is 11.5 Å². The normalized spacial score (nSPS) is 25.9. The number of piperazine rings is 1. The fourth-order valence-electron chi connectivity index (χ4n) is 2.28. The molecule has 0 saturated carbocycles. The van der Waals surface area contributed by atoms with Gasteiger partial charge in [0.15, 0.2) is 0 Å². The quantitative estimate of drug-likeness (QED) is 0.656. The lowest BCUT2D eigenvalue weighted by atomic mass is 9.95. The molecule has 0 aromatic rings. The summed E-state index contributed by atoms with van der Waals surface area (Å²) in [5.74, 6) is -0.407. The zero-order valence-corrected chi connectivity index (χ0v) is 12.0. The molecule has 18 heavy (non-hydrogen) atoms. The summed E-state index contributed by atoms with van der Waals surface area (Å²) in [6.45, 7) is 8.47. The maximum absolute atomic E-state index is 11.1. The molecule has 1 fully saturated rings. The van der Waals surface area contributed by atoms with Crippen molar-refractivity contribution in [3.8, 4) is 0 Å². The molecule has 0 bridgehead atoms. The predicted octanol–water partition coefficient (Wildman–Crippen LogP) is -0.00470. The Balaban J connectivity index is 2.17. The summed E-state index contributed by atoms with van der Waals surface area (Å²) in [7, 11) is 2.18. The second kappa shape index (κ2) is 6.50. The molecule has 2 unspecified atom stereocenters. The molecule has 1 heterocycles. The van der Waals surface area contributed by atoms with E-state index in [0.717, 1.165) is 39.0 Å². The van der Waals surface area contributed by atoms with Gasteiger partial charge in [0.25, 0.3) is 0 Å². The minimum atomic E-state index is -0.852. The van der Waals surface area contributed by atoms with Gasteiger partial charge in [-0.05, 0) is 46.7 Å². The third-order valence-electron chi connectivity index (χ3n) is 4.03. The Morgan fingerprint density at radius 3 is 2.61 bits per heavy atom. The maximum Gasteiger partial charge on any atom is 0.237 e. The number of unbranched alkanes of at least 4 members (excludes halogenated alkanes) is 1. The van der Waals surface area contributed by atoms with Crippen molar-refractivity contribution in [2.45, 2.75) is 44.7 Å². The number of carbonyl (C=O) groups excluding carboxylic acids is 1. The lowest BCUT2D eigenvalue weighted by molar-refractivity contribution is -0.122. The van der Waals surface area contributed by atoms with Crippen LogP contribution in [0.1, 0.15) is 33.1 Å². The number of amides is 1. The number of carbonyl (C=O) groups is 1. The van der Waals surface area contributed by atoms with Crippen LogP contribution in [-0.4, -0.2) is 60.5 Å². The van der Waals surface area contributed by atoms with Gasteiger partial charge in [0.05, 0.1) is 5.54 Å². The van der Waals surface area contributed by atoms with Gasteiger partial charge >= 0.3 is 0 Å². The number of rotatable bonds is 6. The van der Waals surface area contributed by atoms with Gasteiger partial charge in [-0.1, -0.05) is 0 Å². The van der Waals surface area contributed by atoms with Crippen LogP contribution in [0.25, 0.3) is 0 Å². The summed E-state index contributed by atoms with van der Waals surface area (Å²) in [6, 6.07) is 0.629. The minimum absolute atomic E-state index is 0.407. The van der Waals surface area contributed by atoms with Crippen molar-refractivity contribution >= 4 is 5.91 Å². The summed E-state index contributed by atoms with van der Waals surface area (Å²) in [4.78, 5) is 16.0. The van der Waals surface area contributed by atoms with E-state index in [1.54, 1.807) is 6.92 Å². The molecule has 1 amide bonds. The van der Waals surface area contributed by atoms with E-state index in [1.165, 1.54) is 0 Å². The van der Waals surface area contributed by atoms with Gasteiger partial charge in [0.2, 0.25) is 5.91 Å². The average molecular weight is 256 g/mol. The summed E-state index contributed by atoms with van der Waals surface area (Å²) in [6.07, 6.45) is 2.71. The molecule has 106 valence electrons. The Kier molecular flexibility index (Phi) is 5.56. The predicted molar refractivity (Wildman–Crippen MR) is 74.2 cm³/mol. The van der Waals surface area contributed by atoms with E-state index in [9.17, 15) is 4.79 Å². The van der Waals surface area contributed by atoms with Gasteiger partial charge in [0.1, 0.15) is 0 Å². The number of likely N-dealkylation sites (N-methyl/N-ethyl adjacent to an activating group) is 1. The van der Waals surface area contributed by atoms with E-state index < -0.39 is 11.4 Å². The van der Waals surface area contributed by atoms with Crippen molar-refractivity contribution in [3.63, 3.8) is 0 Å². The summed E-state index contributed by atoms with van der Waals surface area (Å²) >= 11 is 0. The van der Waals surface area contributed by atoms with Crippen molar-refractivity contribution < 1.29 is 4.79 Å². The van der Waals surface area contributed by atoms with Crippen LogP contribution in [0.5, 0.6) is 0 Å². The lowest BCUT2D eigenvalue weighted by Crippen LogP contribution is -2.50. The minimum Gasteiger partial charge on any atom is -0.368 e. The van der Waals surface area contributed by atoms with Gasteiger partial charge < -0.3 is 21.3 Å². The molecular formula is C13H28N4O. The maximum atomic E-state index is 11.1. The monoisotopic (exact) mass is 256 g/mol. The molecule has 0 aliphatic carbocycles. The first-order valence-corrected chi connectivity index (χ1v) is 6.84. The van der Waals surface area contributed by atoms with Crippen LogP contribution in [0.2, 0.25) is 0 Å². The molecule has 5 heteroatoms. The third kappa shape index (κ3) is 4.55. The molecule has 0 radical (unpaired) electrons. The van der Waals surface area contributed by atoms with Crippen LogP contribution < -0.4 is 11.5 Å². The number of nitrogens with two attached hydrogens (primary N) is 2. The SMILES string of the molecule is CC1CN(CCCCC(C)(N)C(N)=O)CCN1C. The van der Waals surface area contributed by atoms with Crippen LogP contribution in [0, 0.1) is 0 Å². The van der Waals surface area contributed by atoms with Gasteiger partial charge in [-0.25, -0.2) is 0 Å². The Labute approximate surface area is 110 Å². The fraction of sp³-hybridized carbons (Fsp3) is 0.923. The number of hydrogen-bond donors (Lipinski definition) is 2. The molecule has 1 saturated heterocycles. The molecule has 0 aromatic carbocycles. The first-order chi connectivity index (χ1) is 8.33. The Bertz CT molecular complexity index is 280. The van der Waals surface area contributed by atoms with Crippen molar-refractivity contribution in [2.75, 3.05) is 33.2 Å². The largest absolute Gasteiger partial charge is 0.368 e. The molecule has 1 rings (SSSR count). The van der Waals surface area contributed by atoms with Crippen LogP contribution in [0.15, 0.2) is 0 Å². The Morgan fingerprint density at radius 2 is 2.06 bits per heavy atom. The zero-order valence-electron chi connectivity index (χ0n) is 12.0. The summed E-state index contributed by atoms with van der Waals surface area (Å²) in [5.41, 5.74) is 10.2. The molecule has 1 aliphatic heterocycles. The van der Waals surface area contributed by atoms with E-state index in [0.29, 0.717) is 12.5 Å². The molecule has 4 N–H and O–H groups in total. The summed E-state index contributed by atoms with van der Waals surface area (Å²) < 4.78 is 0. The topological polar surface area (TPSA) is 75.6 Å². The number of hydrogen-bond acceptors (Lipinski definition) is 4. The van der Waals surface area contributed by atoms with E-state index in [1.807, 2.05) is 0 Å². The first-order valence-electron chi connectivity index (χ1n) is 6.84. The van der Waals surface area contributed by atoms with Gasteiger partial charge in [0, 0.05) is 25.7 Å². The highest BCUT2D eigenvalue weighted by Gasteiger charge is 2.25. The van der Waals surface area contributed by atoms with Crippen molar-refractivity contribution in [1.82, 2.24) is 9.80 Å². The van der Waals surface area contributed by atoms with Crippen LogP contribution in [-0.2, 0) is 4.79 Å². The Morgan fingerprint density at radius 1 is 1.39 bits per heavy atom. The zero-order chi connectivity index (χ0) is 13.8. The second-order valence-corrected chi connectivity index (χ2v) is 5.87. The smallest absolute Gasteiger partial charge is 0.237 e. The highest BCUT2D eigenvalue weighted by molar-refractivity contribution is 5.83. The van der Waals surface area contributed by atoms with E-state index in [-0.39, 0.29) is 0 Å². The van der Waals surface area contributed by atoms with E-state index in [2.05, 4.69) is 23.8 Å². The Hall–Kier alpha value is -0.650. The fourth-order valence-corrected chi connectivity index (χ4v) is 2.28. The second-order valence-electron chi connectivity index (χ2n) is 5.87. The van der Waals surface area contributed by atoms with Crippen LogP contribution in [0.4, 0.5) is 0 Å². The number of nitrogens with zero attached hydrogens (tertiary/aromatic N) is 2. The van der Waals surface area contributed by atoms with Gasteiger partial charge in [-0.15, -0.1) is 0 Å². The van der Waals surface area contributed by atoms with Crippen molar-refractivity contribution in [2.24, 2.45) is 11.5 Å². The molecule has 2 atom stereocenters.